The highest BCUT2D eigenvalue weighted by molar-refractivity contribution is 7.22. The second kappa shape index (κ2) is 10.3. The molecule has 0 fully saturated rings. The second-order valence-corrected chi connectivity index (χ2v) is 10.5. The maximum absolute atomic E-state index is 12.8. The molecule has 0 saturated heterocycles. The van der Waals surface area contributed by atoms with Crippen molar-refractivity contribution in [3.63, 3.8) is 0 Å². The number of aryl methyl sites for hydroxylation is 2. The van der Waals surface area contributed by atoms with E-state index in [2.05, 4.69) is 15.0 Å². The molecule has 0 spiro atoms. The lowest BCUT2D eigenvalue weighted by molar-refractivity contribution is -0.141. The minimum Gasteiger partial charge on any atom is -0.480 e. The first kappa shape index (κ1) is 27.4. The third-order valence-electron chi connectivity index (χ3n) is 6.54. The van der Waals surface area contributed by atoms with Crippen LogP contribution in [0.5, 0.6) is 17.4 Å². The molecule has 0 radical (unpaired) electrons. The van der Waals surface area contributed by atoms with Crippen LogP contribution in [-0.4, -0.2) is 53.1 Å². The fourth-order valence-corrected chi connectivity index (χ4v) is 5.62. The molecule has 0 saturated carbocycles. The molecule has 0 N–H and O–H groups in total. The molecule has 1 unspecified atom stereocenters. The molecule has 1 amide bonds. The van der Waals surface area contributed by atoms with Crippen molar-refractivity contribution in [3.8, 4) is 28.0 Å². The molecule has 0 aliphatic carbocycles. The Kier molecular flexibility index (Phi) is 6.72. The number of anilines is 1. The molecule has 1 atom stereocenters. The molecular weight excluding hydrogens is 575 g/mol. The van der Waals surface area contributed by atoms with Gasteiger partial charge in [-0.1, -0.05) is 0 Å². The van der Waals surface area contributed by atoms with Gasteiger partial charge in [0.1, 0.15) is 15.4 Å². The number of halogens is 3. The Hall–Kier alpha value is -4.72. The third kappa shape index (κ3) is 4.98. The van der Waals surface area contributed by atoms with Gasteiger partial charge in [0.05, 0.1) is 41.7 Å². The van der Waals surface area contributed by atoms with Crippen molar-refractivity contribution in [1.82, 2.24) is 19.9 Å². The summed E-state index contributed by atoms with van der Waals surface area (Å²) in [5.74, 6) is 1.25. The molecule has 5 aromatic rings. The van der Waals surface area contributed by atoms with Gasteiger partial charge >= 0.3 is 12.3 Å². The Morgan fingerprint density at radius 1 is 1.10 bits per heavy atom. The highest BCUT2D eigenvalue weighted by Gasteiger charge is 2.33. The standard InChI is InChI=1S/C28H22F3N5O5S/c1-13-7-16(23-17(8-13)34-20(38-4)11-33-23)26-35-22-14(2)9-18-24(25(22)42-26)39-12-21(40-18)41-27(37)36(3)15-5-6-19(32-10-15)28(29,30)31/h5-11,21H,12H2,1-4H3. The first-order valence-corrected chi connectivity index (χ1v) is 13.4. The van der Waals surface area contributed by atoms with E-state index in [0.29, 0.717) is 28.4 Å². The molecule has 1 aliphatic heterocycles. The molecule has 1 aliphatic rings. The summed E-state index contributed by atoms with van der Waals surface area (Å²) in [6, 6.07) is 7.60. The van der Waals surface area contributed by atoms with Gasteiger partial charge < -0.3 is 18.9 Å². The number of carbonyl (C=O) groups excluding carboxylic acids is 1. The molecule has 6 rings (SSSR count). The summed E-state index contributed by atoms with van der Waals surface area (Å²) in [5, 5.41) is 0.721. The highest BCUT2D eigenvalue weighted by Crippen LogP contribution is 2.46. The molecule has 3 aromatic heterocycles. The summed E-state index contributed by atoms with van der Waals surface area (Å²) in [7, 11) is 2.89. The summed E-state index contributed by atoms with van der Waals surface area (Å²) in [6.07, 6.45) is -4.03. The van der Waals surface area contributed by atoms with E-state index in [-0.39, 0.29) is 12.3 Å². The predicted octanol–water partition coefficient (Wildman–Crippen LogP) is 6.32. The van der Waals surface area contributed by atoms with Crippen molar-refractivity contribution in [2.45, 2.75) is 26.3 Å². The monoisotopic (exact) mass is 597 g/mol. The lowest BCUT2D eigenvalue weighted by Crippen LogP contribution is -2.38. The van der Waals surface area contributed by atoms with Crippen molar-refractivity contribution in [1.29, 1.82) is 0 Å². The van der Waals surface area contributed by atoms with Gasteiger partial charge in [-0.3, -0.25) is 4.90 Å². The Morgan fingerprint density at radius 2 is 1.90 bits per heavy atom. The number of benzene rings is 2. The Labute approximate surface area is 240 Å². The maximum atomic E-state index is 12.8. The summed E-state index contributed by atoms with van der Waals surface area (Å²) in [5.41, 5.74) is 3.78. The number of thiazole rings is 1. The van der Waals surface area contributed by atoms with Gasteiger partial charge in [-0.2, -0.15) is 13.2 Å². The second-order valence-electron chi connectivity index (χ2n) is 9.51. The van der Waals surface area contributed by atoms with Crippen LogP contribution in [0.3, 0.4) is 0 Å². The molecule has 216 valence electrons. The van der Waals surface area contributed by atoms with Crippen LogP contribution in [0.25, 0.3) is 31.8 Å². The third-order valence-corrected chi connectivity index (χ3v) is 7.63. The number of aromatic nitrogens is 4. The van der Waals surface area contributed by atoms with Crippen molar-refractivity contribution in [2.75, 3.05) is 25.7 Å². The van der Waals surface area contributed by atoms with E-state index in [1.165, 1.54) is 25.5 Å². The SMILES string of the molecule is COc1cnc2c(-c3nc4c(C)cc5c(c4s3)OCC(OC(=O)N(C)c3ccc(C(F)(F)F)nc3)O5)cc(C)cc2n1. The number of hydrogen-bond donors (Lipinski definition) is 0. The lowest BCUT2D eigenvalue weighted by atomic mass is 10.1. The van der Waals surface area contributed by atoms with Crippen molar-refractivity contribution < 1.29 is 36.9 Å². The first-order chi connectivity index (χ1) is 20.0. The normalized spacial score (nSPS) is 14.7. The van der Waals surface area contributed by atoms with E-state index >= 15 is 0 Å². The summed E-state index contributed by atoms with van der Waals surface area (Å²) < 4.78 is 61.8. The molecular formula is C28H22F3N5O5S. The summed E-state index contributed by atoms with van der Waals surface area (Å²) in [4.78, 5) is 31.1. The average Bonchev–Trinajstić information content (AvgIpc) is 3.42. The zero-order chi connectivity index (χ0) is 29.8. The molecule has 10 nitrogen and oxygen atoms in total. The number of pyridine rings is 1. The zero-order valence-corrected chi connectivity index (χ0v) is 23.5. The first-order valence-electron chi connectivity index (χ1n) is 12.5. The van der Waals surface area contributed by atoms with Crippen molar-refractivity contribution in [2.24, 2.45) is 0 Å². The van der Waals surface area contributed by atoms with Gasteiger partial charge in [-0.05, 0) is 55.3 Å². The van der Waals surface area contributed by atoms with Crippen LogP contribution >= 0.6 is 11.3 Å². The number of ether oxygens (including phenoxy) is 4. The van der Waals surface area contributed by atoms with Gasteiger partial charge in [0.2, 0.25) is 5.88 Å². The van der Waals surface area contributed by atoms with Gasteiger partial charge in [0.25, 0.3) is 6.29 Å². The summed E-state index contributed by atoms with van der Waals surface area (Å²) in [6.45, 7) is 3.74. The number of amides is 1. The average molecular weight is 598 g/mol. The van der Waals surface area contributed by atoms with E-state index in [1.54, 1.807) is 12.3 Å². The van der Waals surface area contributed by atoms with Gasteiger partial charge in [0.15, 0.2) is 18.1 Å². The van der Waals surface area contributed by atoms with Crippen LogP contribution in [0.1, 0.15) is 16.8 Å². The number of fused-ring (bicyclic) bond motifs is 4. The predicted molar refractivity (Wildman–Crippen MR) is 148 cm³/mol. The number of hydrogen-bond acceptors (Lipinski definition) is 10. The smallest absolute Gasteiger partial charge is 0.433 e. The Balaban J connectivity index is 1.25. The number of carbonyl (C=O) groups is 1. The van der Waals surface area contributed by atoms with Crippen LogP contribution in [0.4, 0.5) is 23.7 Å². The van der Waals surface area contributed by atoms with E-state index < -0.39 is 24.3 Å². The Bertz CT molecular complexity index is 1840. The van der Waals surface area contributed by atoms with E-state index in [9.17, 15) is 18.0 Å². The fourth-order valence-electron chi connectivity index (χ4n) is 4.47. The summed E-state index contributed by atoms with van der Waals surface area (Å²) >= 11 is 1.41. The maximum Gasteiger partial charge on any atom is 0.433 e. The number of rotatable bonds is 4. The van der Waals surface area contributed by atoms with E-state index in [1.807, 2.05) is 26.0 Å². The molecule has 42 heavy (non-hydrogen) atoms. The minimum absolute atomic E-state index is 0.109. The highest BCUT2D eigenvalue weighted by atomic mass is 32.1. The van der Waals surface area contributed by atoms with E-state index in [0.717, 1.165) is 55.1 Å². The minimum atomic E-state index is -4.59. The zero-order valence-electron chi connectivity index (χ0n) is 22.6. The Morgan fingerprint density at radius 3 is 2.62 bits per heavy atom. The van der Waals surface area contributed by atoms with Crippen molar-refractivity contribution >= 4 is 44.4 Å². The number of methoxy groups -OCH3 is 1. The van der Waals surface area contributed by atoms with Crippen LogP contribution in [-0.2, 0) is 10.9 Å². The molecule has 14 heteroatoms. The van der Waals surface area contributed by atoms with Gasteiger partial charge in [-0.25, -0.2) is 24.7 Å². The quantitative estimate of drug-likeness (QED) is 0.235. The largest absolute Gasteiger partial charge is 0.480 e. The van der Waals surface area contributed by atoms with Crippen LogP contribution < -0.4 is 19.1 Å². The lowest BCUT2D eigenvalue weighted by Gasteiger charge is -2.28. The van der Waals surface area contributed by atoms with Crippen molar-refractivity contribution in [3.05, 3.63) is 59.5 Å². The van der Waals surface area contributed by atoms with Crippen LogP contribution in [0.15, 0.2) is 42.7 Å². The topological polar surface area (TPSA) is 109 Å². The number of alkyl halides is 3. The van der Waals surface area contributed by atoms with Gasteiger partial charge in [0, 0.05) is 12.6 Å². The molecule has 0 bridgehead atoms. The van der Waals surface area contributed by atoms with Crippen LogP contribution in [0.2, 0.25) is 0 Å². The molecule has 4 heterocycles. The van der Waals surface area contributed by atoms with Gasteiger partial charge in [-0.15, -0.1) is 11.3 Å². The number of nitrogens with zero attached hydrogens (tertiary/aromatic N) is 5. The molecule has 2 aromatic carbocycles. The fraction of sp³-hybridized carbons (Fsp3) is 0.250. The van der Waals surface area contributed by atoms with E-state index in [4.69, 9.17) is 23.9 Å². The van der Waals surface area contributed by atoms with Crippen LogP contribution in [0, 0.1) is 13.8 Å².